The Morgan fingerprint density at radius 3 is 2.75 bits per heavy atom. The van der Waals surface area contributed by atoms with E-state index >= 15 is 0 Å². The van der Waals surface area contributed by atoms with Crippen LogP contribution in [-0.4, -0.2) is 38.8 Å². The molecule has 2 aromatic heterocycles. The molecule has 1 amide bonds. The van der Waals surface area contributed by atoms with Crippen molar-refractivity contribution in [3.63, 3.8) is 0 Å². The molecule has 32 heavy (non-hydrogen) atoms. The molecular formula is C23H21N5O4. The molecule has 4 rings (SSSR count). The van der Waals surface area contributed by atoms with Gasteiger partial charge >= 0.3 is 5.97 Å². The van der Waals surface area contributed by atoms with E-state index in [0.29, 0.717) is 34.8 Å². The summed E-state index contributed by atoms with van der Waals surface area (Å²) in [5, 5.41) is 20.2. The molecule has 0 atom stereocenters. The average Bonchev–Trinajstić information content (AvgIpc) is 3.13. The quantitative estimate of drug-likeness (QED) is 0.348. The zero-order chi connectivity index (χ0) is 22.8. The Morgan fingerprint density at radius 1 is 1.22 bits per heavy atom. The molecule has 2 heterocycles. The average molecular weight is 431 g/mol. The maximum absolute atomic E-state index is 12.1. The molecule has 0 aliphatic carbocycles. The largest absolute Gasteiger partial charge is 0.478 e. The van der Waals surface area contributed by atoms with Crippen molar-refractivity contribution in [2.24, 2.45) is 5.73 Å². The first kappa shape index (κ1) is 20.9. The van der Waals surface area contributed by atoms with Crippen LogP contribution in [0.25, 0.3) is 22.0 Å². The molecule has 9 nitrogen and oxygen atoms in total. The number of carbonyl (C=O) groups is 2. The van der Waals surface area contributed by atoms with Gasteiger partial charge in [0.05, 0.1) is 40.2 Å². The summed E-state index contributed by atoms with van der Waals surface area (Å²) in [7, 11) is 0. The number of aryl methyl sites for hydroxylation is 1. The number of nitrogens with zero attached hydrogens (tertiary/aromatic N) is 2. The van der Waals surface area contributed by atoms with Crippen LogP contribution in [0.4, 0.5) is 11.4 Å². The molecule has 4 aromatic rings. The summed E-state index contributed by atoms with van der Waals surface area (Å²) in [5.41, 5.74) is 9.93. The van der Waals surface area contributed by atoms with Crippen LogP contribution < -0.4 is 15.8 Å². The number of benzene rings is 2. The Balaban J connectivity index is 1.84. The van der Waals surface area contributed by atoms with E-state index in [-0.39, 0.29) is 11.1 Å². The standard InChI is InChI=1S/C23H21N5O4/c1-3-32-22-19(12(2)27-28-22)13-7-8-16-18(10-13)25-11-17(21(24)29)20(16)26-15-6-4-5-14(9-15)23(30)31/h4-11H,3H2,1-2H3,(H2,24,29)(H,25,26)(H,27,28)(H,30,31). The topological polar surface area (TPSA) is 143 Å². The lowest BCUT2D eigenvalue weighted by atomic mass is 10.0. The van der Waals surface area contributed by atoms with E-state index in [9.17, 15) is 14.7 Å². The summed E-state index contributed by atoms with van der Waals surface area (Å²) in [4.78, 5) is 27.8. The van der Waals surface area contributed by atoms with Crippen molar-refractivity contribution in [1.29, 1.82) is 0 Å². The summed E-state index contributed by atoms with van der Waals surface area (Å²) in [6.07, 6.45) is 1.41. The van der Waals surface area contributed by atoms with Crippen molar-refractivity contribution in [3.05, 3.63) is 65.5 Å². The number of aromatic carboxylic acids is 1. The number of aromatic amines is 1. The van der Waals surface area contributed by atoms with E-state index < -0.39 is 11.9 Å². The molecular weight excluding hydrogens is 410 g/mol. The fourth-order valence-corrected chi connectivity index (χ4v) is 3.54. The molecule has 0 radical (unpaired) electrons. The Hall–Kier alpha value is -4.40. The number of H-pyrrole nitrogens is 1. The number of anilines is 2. The number of nitrogens with one attached hydrogen (secondary N) is 2. The van der Waals surface area contributed by atoms with Crippen molar-refractivity contribution < 1.29 is 19.4 Å². The van der Waals surface area contributed by atoms with Gasteiger partial charge in [-0.05, 0) is 43.7 Å². The molecule has 0 unspecified atom stereocenters. The number of nitrogens with two attached hydrogens (primary N) is 1. The van der Waals surface area contributed by atoms with Gasteiger partial charge in [-0.15, -0.1) is 0 Å². The van der Waals surface area contributed by atoms with Gasteiger partial charge in [-0.2, -0.15) is 5.10 Å². The number of primary amides is 1. The second-order valence-corrected chi connectivity index (χ2v) is 7.10. The summed E-state index contributed by atoms with van der Waals surface area (Å²) in [6, 6.07) is 11.9. The third kappa shape index (κ3) is 3.83. The van der Waals surface area contributed by atoms with Crippen molar-refractivity contribution in [3.8, 4) is 17.0 Å². The SMILES string of the molecule is CCOc1[nH]nc(C)c1-c1ccc2c(Nc3cccc(C(=O)O)c3)c(C(N)=O)cnc2c1. The molecule has 162 valence electrons. The van der Waals surface area contributed by atoms with Crippen molar-refractivity contribution in [2.45, 2.75) is 13.8 Å². The fraction of sp³-hybridized carbons (Fsp3) is 0.130. The number of ether oxygens (including phenoxy) is 1. The number of amides is 1. The molecule has 5 N–H and O–H groups in total. The van der Waals surface area contributed by atoms with Crippen LogP contribution in [-0.2, 0) is 0 Å². The van der Waals surface area contributed by atoms with E-state index in [1.54, 1.807) is 12.1 Å². The lowest BCUT2D eigenvalue weighted by molar-refractivity contribution is 0.0696. The van der Waals surface area contributed by atoms with Crippen molar-refractivity contribution in [1.82, 2.24) is 15.2 Å². The minimum absolute atomic E-state index is 0.121. The van der Waals surface area contributed by atoms with Crippen LogP contribution in [0.15, 0.2) is 48.7 Å². The third-order valence-electron chi connectivity index (χ3n) is 5.00. The molecule has 0 bridgehead atoms. The van der Waals surface area contributed by atoms with Gasteiger partial charge in [0.15, 0.2) is 0 Å². The van der Waals surface area contributed by atoms with E-state index in [2.05, 4.69) is 20.5 Å². The highest BCUT2D eigenvalue weighted by molar-refractivity contribution is 6.08. The lowest BCUT2D eigenvalue weighted by Gasteiger charge is -2.14. The van der Waals surface area contributed by atoms with Gasteiger partial charge in [0.25, 0.3) is 5.91 Å². The number of carboxylic acids is 1. The number of aromatic nitrogens is 3. The molecule has 0 spiro atoms. The normalized spacial score (nSPS) is 10.8. The number of carboxylic acid groups (broad SMARTS) is 1. The van der Waals surface area contributed by atoms with Crippen LogP contribution in [0.3, 0.4) is 0 Å². The third-order valence-corrected chi connectivity index (χ3v) is 5.00. The van der Waals surface area contributed by atoms with E-state index in [4.69, 9.17) is 10.5 Å². The lowest BCUT2D eigenvalue weighted by Crippen LogP contribution is -2.14. The predicted molar refractivity (Wildman–Crippen MR) is 120 cm³/mol. The van der Waals surface area contributed by atoms with Crippen LogP contribution in [0.1, 0.15) is 33.3 Å². The molecule has 0 aliphatic heterocycles. The monoisotopic (exact) mass is 431 g/mol. The smallest absolute Gasteiger partial charge is 0.335 e. The number of hydrogen-bond donors (Lipinski definition) is 4. The van der Waals surface area contributed by atoms with Gasteiger partial charge in [0.1, 0.15) is 0 Å². The van der Waals surface area contributed by atoms with Gasteiger partial charge in [-0.1, -0.05) is 18.2 Å². The zero-order valence-electron chi connectivity index (χ0n) is 17.5. The summed E-state index contributed by atoms with van der Waals surface area (Å²) in [5.74, 6) is -1.12. The molecule has 0 saturated carbocycles. The van der Waals surface area contributed by atoms with Crippen LogP contribution in [0.5, 0.6) is 5.88 Å². The molecule has 0 aliphatic rings. The first-order valence-corrected chi connectivity index (χ1v) is 9.90. The van der Waals surface area contributed by atoms with Gasteiger partial charge in [-0.3, -0.25) is 9.78 Å². The first-order valence-electron chi connectivity index (χ1n) is 9.90. The van der Waals surface area contributed by atoms with Gasteiger partial charge in [0.2, 0.25) is 5.88 Å². The maximum atomic E-state index is 12.1. The predicted octanol–water partition coefficient (Wildman–Crippen LogP) is 3.87. The molecule has 0 saturated heterocycles. The van der Waals surface area contributed by atoms with Gasteiger partial charge < -0.3 is 20.9 Å². The molecule has 0 fully saturated rings. The number of pyridine rings is 1. The second kappa shape index (κ2) is 8.38. The zero-order valence-corrected chi connectivity index (χ0v) is 17.5. The first-order chi connectivity index (χ1) is 15.4. The van der Waals surface area contributed by atoms with Gasteiger partial charge in [-0.25, -0.2) is 9.89 Å². The maximum Gasteiger partial charge on any atom is 0.335 e. The van der Waals surface area contributed by atoms with Crippen molar-refractivity contribution in [2.75, 3.05) is 11.9 Å². The molecule has 2 aromatic carbocycles. The van der Waals surface area contributed by atoms with E-state index in [1.165, 1.54) is 18.3 Å². The highest BCUT2D eigenvalue weighted by Gasteiger charge is 2.18. The minimum atomic E-state index is -1.05. The highest BCUT2D eigenvalue weighted by atomic mass is 16.5. The fourth-order valence-electron chi connectivity index (χ4n) is 3.54. The number of hydrogen-bond acceptors (Lipinski definition) is 6. The minimum Gasteiger partial charge on any atom is -0.478 e. The Labute approximate surface area is 183 Å². The van der Waals surface area contributed by atoms with Crippen LogP contribution in [0.2, 0.25) is 0 Å². The summed E-state index contributed by atoms with van der Waals surface area (Å²) >= 11 is 0. The second-order valence-electron chi connectivity index (χ2n) is 7.10. The Kier molecular flexibility index (Phi) is 5.46. The summed E-state index contributed by atoms with van der Waals surface area (Å²) in [6.45, 7) is 4.26. The van der Waals surface area contributed by atoms with Gasteiger partial charge in [0, 0.05) is 17.3 Å². The van der Waals surface area contributed by atoms with Crippen LogP contribution >= 0.6 is 0 Å². The van der Waals surface area contributed by atoms with E-state index in [1.807, 2.05) is 32.0 Å². The number of carbonyl (C=O) groups excluding carboxylic acids is 1. The highest BCUT2D eigenvalue weighted by Crippen LogP contribution is 2.36. The Bertz CT molecular complexity index is 1350. The summed E-state index contributed by atoms with van der Waals surface area (Å²) < 4.78 is 5.65. The number of fused-ring (bicyclic) bond motifs is 1. The van der Waals surface area contributed by atoms with Crippen LogP contribution in [0, 0.1) is 6.92 Å². The molecule has 9 heteroatoms. The Morgan fingerprint density at radius 2 is 2.03 bits per heavy atom. The number of rotatable bonds is 7. The van der Waals surface area contributed by atoms with Crippen molar-refractivity contribution >= 4 is 34.2 Å². The van der Waals surface area contributed by atoms with E-state index in [0.717, 1.165) is 16.8 Å².